The molecule has 0 aliphatic heterocycles. The van der Waals surface area contributed by atoms with Gasteiger partial charge in [0.2, 0.25) is 0 Å². The monoisotopic (exact) mass is 411 g/mol. The average Bonchev–Trinajstić information content (AvgIpc) is 2.67. The topological polar surface area (TPSA) is 56.8 Å². The van der Waals surface area contributed by atoms with Gasteiger partial charge in [-0.2, -0.15) is 13.2 Å². The van der Waals surface area contributed by atoms with Crippen LogP contribution in [-0.4, -0.2) is 32.8 Å². The fraction of sp³-hybridized carbons (Fsp3) is 0.381. The molecular formula is C21H24F3NO4. The molecule has 2 rings (SSSR count). The average molecular weight is 411 g/mol. The van der Waals surface area contributed by atoms with E-state index < -0.39 is 17.6 Å². The van der Waals surface area contributed by atoms with Gasteiger partial charge in [-0.05, 0) is 41.8 Å². The van der Waals surface area contributed by atoms with E-state index in [0.29, 0.717) is 11.7 Å². The summed E-state index contributed by atoms with van der Waals surface area (Å²) in [7, 11) is 1.48. The van der Waals surface area contributed by atoms with Gasteiger partial charge < -0.3 is 19.5 Å². The van der Waals surface area contributed by atoms with Crippen LogP contribution in [0.5, 0.6) is 11.5 Å². The van der Waals surface area contributed by atoms with Crippen molar-refractivity contribution in [1.29, 1.82) is 0 Å². The molecule has 0 saturated heterocycles. The minimum Gasteiger partial charge on any atom is -0.489 e. The van der Waals surface area contributed by atoms with Crippen molar-refractivity contribution >= 4 is 11.6 Å². The fourth-order valence-corrected chi connectivity index (χ4v) is 2.45. The fourth-order valence-electron chi connectivity index (χ4n) is 2.45. The van der Waals surface area contributed by atoms with Crippen LogP contribution in [0.15, 0.2) is 42.5 Å². The molecule has 0 fully saturated rings. The van der Waals surface area contributed by atoms with E-state index in [0.717, 1.165) is 17.7 Å². The van der Waals surface area contributed by atoms with E-state index in [1.54, 1.807) is 12.1 Å². The molecule has 0 spiro atoms. The molecule has 0 bridgehead atoms. The number of hydrogen-bond donors (Lipinski definition) is 1. The number of methoxy groups -OCH3 is 1. The molecule has 1 amide bonds. The summed E-state index contributed by atoms with van der Waals surface area (Å²) in [6, 6.07) is 10.2. The summed E-state index contributed by atoms with van der Waals surface area (Å²) in [6.07, 6.45) is -4.54. The number of benzene rings is 2. The zero-order valence-corrected chi connectivity index (χ0v) is 16.5. The molecule has 158 valence electrons. The van der Waals surface area contributed by atoms with Gasteiger partial charge in [-0.25, -0.2) is 0 Å². The Morgan fingerprint density at radius 2 is 1.72 bits per heavy atom. The number of halogens is 3. The van der Waals surface area contributed by atoms with Gasteiger partial charge in [-0.15, -0.1) is 0 Å². The molecule has 1 N–H and O–H groups in total. The number of alkyl halides is 3. The zero-order valence-electron chi connectivity index (χ0n) is 16.5. The minimum absolute atomic E-state index is 0.0836. The molecule has 0 aliphatic carbocycles. The molecule has 0 atom stereocenters. The highest BCUT2D eigenvalue weighted by atomic mass is 19.4. The predicted molar refractivity (Wildman–Crippen MR) is 103 cm³/mol. The van der Waals surface area contributed by atoms with Crippen molar-refractivity contribution in [2.45, 2.75) is 25.9 Å². The molecule has 2 aromatic carbocycles. The van der Waals surface area contributed by atoms with Gasteiger partial charge in [0.15, 0.2) is 6.61 Å². The number of rotatable bonds is 9. The van der Waals surface area contributed by atoms with Crippen molar-refractivity contribution in [2.24, 2.45) is 0 Å². The Morgan fingerprint density at radius 1 is 1.03 bits per heavy atom. The Hall–Kier alpha value is -2.74. The molecule has 0 aromatic heterocycles. The van der Waals surface area contributed by atoms with Crippen LogP contribution in [0.25, 0.3) is 0 Å². The maximum absolute atomic E-state index is 13.0. The van der Waals surface area contributed by atoms with E-state index >= 15 is 0 Å². The van der Waals surface area contributed by atoms with E-state index in [1.165, 1.54) is 13.2 Å². The van der Waals surface area contributed by atoms with E-state index in [4.69, 9.17) is 14.2 Å². The minimum atomic E-state index is -4.54. The largest absolute Gasteiger partial charge is 0.489 e. The van der Waals surface area contributed by atoms with E-state index in [2.05, 4.69) is 19.2 Å². The molecule has 0 heterocycles. The van der Waals surface area contributed by atoms with Gasteiger partial charge in [-0.1, -0.05) is 26.0 Å². The van der Waals surface area contributed by atoms with Crippen molar-refractivity contribution in [3.8, 4) is 11.5 Å². The summed E-state index contributed by atoms with van der Waals surface area (Å²) in [5.74, 6) is 0.369. The molecule has 2 aromatic rings. The number of hydrogen-bond acceptors (Lipinski definition) is 4. The first-order valence-electron chi connectivity index (χ1n) is 9.06. The standard InChI is InChI=1S/C21H24F3NO4/c1-14(2)15-4-7-17(8-5-15)29-13-20(26)25-18-12-16(21(22,23)24)6-9-19(18)28-11-10-27-3/h4-9,12,14H,10-11,13H2,1-3H3,(H,25,26). The summed E-state index contributed by atoms with van der Waals surface area (Å²) < 4.78 is 54.7. The Morgan fingerprint density at radius 3 is 2.31 bits per heavy atom. The van der Waals surface area contributed by atoms with Crippen molar-refractivity contribution < 1.29 is 32.2 Å². The lowest BCUT2D eigenvalue weighted by Crippen LogP contribution is -2.21. The Balaban J connectivity index is 2.05. The number of ether oxygens (including phenoxy) is 3. The summed E-state index contributed by atoms with van der Waals surface area (Å²) >= 11 is 0. The van der Waals surface area contributed by atoms with Crippen LogP contribution in [0.2, 0.25) is 0 Å². The van der Waals surface area contributed by atoms with Gasteiger partial charge in [0.25, 0.3) is 5.91 Å². The maximum atomic E-state index is 13.0. The second-order valence-electron chi connectivity index (χ2n) is 6.61. The van der Waals surface area contributed by atoms with Crippen LogP contribution in [0, 0.1) is 0 Å². The van der Waals surface area contributed by atoms with Gasteiger partial charge in [0.05, 0.1) is 17.9 Å². The molecule has 0 unspecified atom stereocenters. The Bertz CT molecular complexity index is 805. The third kappa shape index (κ3) is 6.98. The third-order valence-corrected chi connectivity index (χ3v) is 4.04. The van der Waals surface area contributed by atoms with Crippen LogP contribution >= 0.6 is 0 Å². The smallest absolute Gasteiger partial charge is 0.416 e. The highest BCUT2D eigenvalue weighted by Gasteiger charge is 2.31. The van der Waals surface area contributed by atoms with Gasteiger partial charge in [0.1, 0.15) is 18.1 Å². The van der Waals surface area contributed by atoms with Crippen LogP contribution in [-0.2, 0) is 15.7 Å². The Labute approximate surface area is 167 Å². The molecule has 8 heteroatoms. The lowest BCUT2D eigenvalue weighted by atomic mass is 10.0. The lowest BCUT2D eigenvalue weighted by molar-refractivity contribution is -0.137. The molecular weight excluding hydrogens is 387 g/mol. The van der Waals surface area contributed by atoms with Crippen LogP contribution in [0.4, 0.5) is 18.9 Å². The Kier molecular flexibility index (Phi) is 7.90. The second-order valence-corrected chi connectivity index (χ2v) is 6.61. The number of anilines is 1. The first kappa shape index (κ1) is 22.5. The molecule has 5 nitrogen and oxygen atoms in total. The van der Waals surface area contributed by atoms with Gasteiger partial charge >= 0.3 is 6.18 Å². The quantitative estimate of drug-likeness (QED) is 0.598. The molecule has 0 saturated carbocycles. The van der Waals surface area contributed by atoms with Crippen molar-refractivity contribution in [3.05, 3.63) is 53.6 Å². The third-order valence-electron chi connectivity index (χ3n) is 4.04. The predicted octanol–water partition coefficient (Wildman–Crippen LogP) is 4.87. The maximum Gasteiger partial charge on any atom is 0.416 e. The van der Waals surface area contributed by atoms with Gasteiger partial charge in [0, 0.05) is 7.11 Å². The summed E-state index contributed by atoms with van der Waals surface area (Å²) in [5, 5.41) is 2.42. The molecule has 29 heavy (non-hydrogen) atoms. The van der Waals surface area contributed by atoms with E-state index in [-0.39, 0.29) is 31.3 Å². The van der Waals surface area contributed by atoms with Crippen molar-refractivity contribution in [2.75, 3.05) is 32.2 Å². The summed E-state index contributed by atoms with van der Waals surface area (Å²) in [6.45, 7) is 4.15. The zero-order chi connectivity index (χ0) is 21.4. The summed E-state index contributed by atoms with van der Waals surface area (Å²) in [4.78, 5) is 12.2. The first-order chi connectivity index (χ1) is 13.7. The normalized spacial score (nSPS) is 11.4. The first-order valence-corrected chi connectivity index (χ1v) is 9.06. The number of amides is 1. The van der Waals surface area contributed by atoms with Crippen LogP contribution in [0.3, 0.4) is 0 Å². The second kappa shape index (κ2) is 10.2. The number of carbonyl (C=O) groups excluding carboxylic acids is 1. The van der Waals surface area contributed by atoms with E-state index in [1.807, 2.05) is 12.1 Å². The highest BCUT2D eigenvalue weighted by Crippen LogP contribution is 2.35. The van der Waals surface area contributed by atoms with Gasteiger partial charge in [-0.3, -0.25) is 4.79 Å². The number of carbonyl (C=O) groups is 1. The van der Waals surface area contributed by atoms with Crippen molar-refractivity contribution in [1.82, 2.24) is 0 Å². The van der Waals surface area contributed by atoms with Crippen molar-refractivity contribution in [3.63, 3.8) is 0 Å². The SMILES string of the molecule is COCCOc1ccc(C(F)(F)F)cc1NC(=O)COc1ccc(C(C)C)cc1. The van der Waals surface area contributed by atoms with Crippen LogP contribution in [0.1, 0.15) is 30.9 Å². The molecule has 0 aliphatic rings. The van der Waals surface area contributed by atoms with E-state index in [9.17, 15) is 18.0 Å². The number of nitrogens with one attached hydrogen (secondary N) is 1. The summed E-state index contributed by atoms with van der Waals surface area (Å²) in [5.41, 5.74) is 0.153. The molecule has 0 radical (unpaired) electrons. The highest BCUT2D eigenvalue weighted by molar-refractivity contribution is 5.93. The lowest BCUT2D eigenvalue weighted by Gasteiger charge is -2.15. The van der Waals surface area contributed by atoms with Crippen LogP contribution < -0.4 is 14.8 Å².